The summed E-state index contributed by atoms with van der Waals surface area (Å²) in [7, 11) is -4.13. The summed E-state index contributed by atoms with van der Waals surface area (Å²) in [5, 5.41) is 21.0. The van der Waals surface area contributed by atoms with E-state index in [1.54, 1.807) is 31.2 Å². The SMILES string of the molecule is CCOC(=O)[C@@]12C[C@H](O)[C@@H](O1)[C@@H]([C@H](O)COP(=O)(OCc1ccccc1)OCc1ccccc1)O2. The van der Waals surface area contributed by atoms with Crippen molar-refractivity contribution >= 4 is 13.8 Å². The third-order valence-corrected chi connectivity index (χ3v) is 7.02. The van der Waals surface area contributed by atoms with Crippen LogP contribution in [0.25, 0.3) is 0 Å². The molecule has 190 valence electrons. The Morgan fingerprint density at radius 3 is 2.14 bits per heavy atom. The van der Waals surface area contributed by atoms with E-state index in [-0.39, 0.29) is 26.2 Å². The van der Waals surface area contributed by atoms with Crippen molar-refractivity contribution in [3.63, 3.8) is 0 Å². The molecule has 2 fully saturated rings. The van der Waals surface area contributed by atoms with Crippen molar-refractivity contribution < 1.29 is 47.4 Å². The molecule has 2 saturated heterocycles. The Kier molecular flexibility index (Phi) is 8.36. The number of fused-ring (bicyclic) bond motifs is 2. The Labute approximate surface area is 203 Å². The molecule has 0 saturated carbocycles. The van der Waals surface area contributed by atoms with Crippen LogP contribution in [0.3, 0.4) is 0 Å². The number of phosphoric ester groups is 1. The Morgan fingerprint density at radius 2 is 1.60 bits per heavy atom. The molecule has 0 aliphatic carbocycles. The van der Waals surface area contributed by atoms with E-state index in [1.165, 1.54) is 0 Å². The van der Waals surface area contributed by atoms with Crippen LogP contribution >= 0.6 is 7.82 Å². The molecule has 0 spiro atoms. The molecule has 2 aromatic carbocycles. The summed E-state index contributed by atoms with van der Waals surface area (Å²) in [4.78, 5) is 12.3. The number of phosphoric acid groups is 1. The number of aliphatic hydroxyl groups excluding tert-OH is 2. The lowest BCUT2D eigenvalue weighted by Crippen LogP contribution is -2.50. The predicted molar refractivity (Wildman–Crippen MR) is 122 cm³/mol. The van der Waals surface area contributed by atoms with Gasteiger partial charge < -0.3 is 24.4 Å². The monoisotopic (exact) mass is 508 g/mol. The number of carbonyl (C=O) groups excluding carboxylic acids is 1. The molecule has 0 amide bonds. The maximum atomic E-state index is 13.4. The van der Waals surface area contributed by atoms with Crippen molar-refractivity contribution in [2.24, 2.45) is 0 Å². The van der Waals surface area contributed by atoms with E-state index >= 15 is 0 Å². The number of rotatable bonds is 12. The number of esters is 1. The van der Waals surface area contributed by atoms with Crippen molar-refractivity contribution in [1.29, 1.82) is 0 Å². The first-order chi connectivity index (χ1) is 16.8. The van der Waals surface area contributed by atoms with Gasteiger partial charge in [0.25, 0.3) is 5.79 Å². The Morgan fingerprint density at radius 1 is 1.03 bits per heavy atom. The van der Waals surface area contributed by atoms with Crippen LogP contribution in [0.2, 0.25) is 0 Å². The molecule has 2 bridgehead atoms. The van der Waals surface area contributed by atoms with Crippen molar-refractivity contribution in [2.45, 2.75) is 56.8 Å². The number of carbonyl (C=O) groups is 1. The average molecular weight is 508 g/mol. The molecule has 0 unspecified atom stereocenters. The number of hydrogen-bond donors (Lipinski definition) is 2. The molecule has 2 aliphatic heterocycles. The minimum absolute atomic E-state index is 0.0423. The molecule has 4 rings (SSSR count). The van der Waals surface area contributed by atoms with Crippen LogP contribution in [-0.4, -0.2) is 59.6 Å². The van der Waals surface area contributed by atoms with Gasteiger partial charge in [0, 0.05) is 6.42 Å². The fourth-order valence-corrected chi connectivity index (χ4v) is 5.11. The molecule has 0 radical (unpaired) electrons. The van der Waals surface area contributed by atoms with E-state index in [4.69, 9.17) is 27.8 Å². The van der Waals surface area contributed by atoms with E-state index in [1.807, 2.05) is 36.4 Å². The lowest BCUT2D eigenvalue weighted by Gasteiger charge is -2.30. The Hall–Kier alpha value is -2.14. The molecule has 2 N–H and O–H groups in total. The molecule has 0 aromatic heterocycles. The number of aliphatic hydroxyl groups is 2. The van der Waals surface area contributed by atoms with Crippen LogP contribution in [0.1, 0.15) is 24.5 Å². The summed E-state index contributed by atoms with van der Waals surface area (Å²) in [6.07, 6.45) is -4.66. The lowest BCUT2D eigenvalue weighted by molar-refractivity contribution is -0.214. The van der Waals surface area contributed by atoms with Crippen LogP contribution in [0, 0.1) is 0 Å². The zero-order valence-electron chi connectivity index (χ0n) is 19.2. The molecule has 35 heavy (non-hydrogen) atoms. The first-order valence-corrected chi connectivity index (χ1v) is 12.8. The van der Waals surface area contributed by atoms with Gasteiger partial charge in [-0.05, 0) is 18.1 Å². The fourth-order valence-electron chi connectivity index (χ4n) is 3.93. The van der Waals surface area contributed by atoms with Gasteiger partial charge >= 0.3 is 13.8 Å². The molecular formula is C24H29O10P. The first-order valence-electron chi connectivity index (χ1n) is 11.3. The minimum atomic E-state index is -4.13. The van der Waals surface area contributed by atoms with Gasteiger partial charge in [-0.25, -0.2) is 9.36 Å². The molecule has 2 heterocycles. The smallest absolute Gasteiger partial charge is 0.462 e. The highest BCUT2D eigenvalue weighted by Gasteiger charge is 2.65. The van der Waals surface area contributed by atoms with Gasteiger partial charge in [0.1, 0.15) is 18.3 Å². The zero-order chi connectivity index (χ0) is 24.9. The second kappa shape index (κ2) is 11.3. The second-order valence-corrected chi connectivity index (χ2v) is 9.91. The van der Waals surface area contributed by atoms with Crippen LogP contribution in [0.5, 0.6) is 0 Å². The van der Waals surface area contributed by atoms with E-state index < -0.39 is 50.6 Å². The number of ether oxygens (including phenoxy) is 3. The van der Waals surface area contributed by atoms with Gasteiger partial charge in [-0.3, -0.25) is 13.6 Å². The van der Waals surface area contributed by atoms with Crippen molar-refractivity contribution in [3.05, 3.63) is 71.8 Å². The van der Waals surface area contributed by atoms with Crippen LogP contribution in [0.15, 0.2) is 60.7 Å². The lowest BCUT2D eigenvalue weighted by atomic mass is 9.98. The van der Waals surface area contributed by atoms with E-state index in [0.29, 0.717) is 0 Å². The molecule has 11 heteroatoms. The van der Waals surface area contributed by atoms with Gasteiger partial charge in [0.05, 0.1) is 32.5 Å². The maximum absolute atomic E-state index is 13.4. The molecule has 2 aliphatic rings. The normalized spacial score (nSPS) is 26.5. The van der Waals surface area contributed by atoms with Crippen LogP contribution < -0.4 is 0 Å². The first kappa shape index (κ1) is 25.9. The Balaban J connectivity index is 1.40. The van der Waals surface area contributed by atoms with Crippen molar-refractivity contribution in [1.82, 2.24) is 0 Å². The summed E-state index contributed by atoms with van der Waals surface area (Å²) >= 11 is 0. The highest BCUT2D eigenvalue weighted by molar-refractivity contribution is 7.48. The maximum Gasteiger partial charge on any atom is 0.475 e. The standard InChI is InChI=1S/C24H29O10P/c1-2-29-23(27)24-13-19(25)21(33-24)22(34-24)20(26)16-32-35(28,30-14-17-9-5-3-6-10-17)31-15-18-11-7-4-8-12-18/h3-12,19-22,25-26H,2,13-16H2,1H3/t19-,20+,21+,22+,24-/m0/s1. The number of benzene rings is 2. The fraction of sp³-hybridized carbons (Fsp3) is 0.458. The summed E-state index contributed by atoms with van der Waals surface area (Å²) < 4.78 is 46.1. The van der Waals surface area contributed by atoms with E-state index in [0.717, 1.165) is 11.1 Å². The quantitative estimate of drug-likeness (QED) is 0.326. The van der Waals surface area contributed by atoms with Gasteiger partial charge in [-0.1, -0.05) is 60.7 Å². The number of hydrogen-bond acceptors (Lipinski definition) is 10. The van der Waals surface area contributed by atoms with Crippen LogP contribution in [-0.2, 0) is 50.4 Å². The van der Waals surface area contributed by atoms with Crippen molar-refractivity contribution in [2.75, 3.05) is 13.2 Å². The largest absolute Gasteiger partial charge is 0.475 e. The molecule has 2 aromatic rings. The summed E-state index contributed by atoms with van der Waals surface area (Å²) in [6.45, 7) is 1.13. The molecule has 5 atom stereocenters. The summed E-state index contributed by atoms with van der Waals surface area (Å²) in [6, 6.07) is 18.1. The van der Waals surface area contributed by atoms with Gasteiger partial charge in [0.15, 0.2) is 0 Å². The molecular weight excluding hydrogens is 479 g/mol. The predicted octanol–water partition coefficient (Wildman–Crippen LogP) is 2.71. The summed E-state index contributed by atoms with van der Waals surface area (Å²) in [5.74, 6) is -2.57. The second-order valence-electron chi connectivity index (χ2n) is 8.24. The van der Waals surface area contributed by atoms with E-state index in [2.05, 4.69) is 0 Å². The van der Waals surface area contributed by atoms with Crippen LogP contribution in [0.4, 0.5) is 0 Å². The van der Waals surface area contributed by atoms with Gasteiger partial charge in [0.2, 0.25) is 0 Å². The minimum Gasteiger partial charge on any atom is -0.462 e. The van der Waals surface area contributed by atoms with Gasteiger partial charge in [-0.15, -0.1) is 0 Å². The molecule has 10 nitrogen and oxygen atoms in total. The topological polar surface area (TPSA) is 130 Å². The highest BCUT2D eigenvalue weighted by atomic mass is 31.2. The Bertz CT molecular complexity index is 972. The zero-order valence-corrected chi connectivity index (χ0v) is 20.1. The third-order valence-electron chi connectivity index (χ3n) is 5.67. The third kappa shape index (κ3) is 6.17. The van der Waals surface area contributed by atoms with E-state index in [9.17, 15) is 19.6 Å². The average Bonchev–Trinajstić information content (AvgIpc) is 3.43. The van der Waals surface area contributed by atoms with Crippen molar-refractivity contribution in [3.8, 4) is 0 Å². The highest BCUT2D eigenvalue weighted by Crippen LogP contribution is 2.52. The summed E-state index contributed by atoms with van der Waals surface area (Å²) in [5.41, 5.74) is 1.51. The van der Waals surface area contributed by atoms with Gasteiger partial charge in [-0.2, -0.15) is 0 Å².